The fraction of sp³-hybridized carbons (Fsp3) is 0.650. The maximum Gasteiger partial charge on any atom is 0.243 e. The van der Waals surface area contributed by atoms with Gasteiger partial charge in [-0.15, -0.1) is 0 Å². The van der Waals surface area contributed by atoms with Gasteiger partial charge in [0.05, 0.1) is 28.8 Å². The van der Waals surface area contributed by atoms with Crippen molar-refractivity contribution in [1.82, 2.24) is 9.62 Å². The molecule has 0 saturated carbocycles. The molecule has 29 heavy (non-hydrogen) atoms. The molecule has 1 aromatic rings. The quantitative estimate of drug-likeness (QED) is 0.401. The van der Waals surface area contributed by atoms with Crippen molar-refractivity contribution in [2.24, 2.45) is 5.92 Å². The van der Waals surface area contributed by atoms with E-state index >= 15 is 0 Å². The summed E-state index contributed by atoms with van der Waals surface area (Å²) in [6.07, 6.45) is 5.97. The molecular formula is C20H32ClN3O3S2. The summed E-state index contributed by atoms with van der Waals surface area (Å²) < 4.78 is 32.3. The Balaban J connectivity index is 1.85. The Morgan fingerprint density at radius 1 is 1.21 bits per heavy atom. The Bertz CT molecular complexity index is 766. The van der Waals surface area contributed by atoms with E-state index in [2.05, 4.69) is 24.5 Å². The molecule has 1 heterocycles. The van der Waals surface area contributed by atoms with Gasteiger partial charge in [0.1, 0.15) is 0 Å². The number of hydrogen-bond acceptors (Lipinski definition) is 4. The largest absolute Gasteiger partial charge is 0.379 e. The third-order valence-corrected chi connectivity index (χ3v) is 7.26. The monoisotopic (exact) mass is 461 g/mol. The van der Waals surface area contributed by atoms with E-state index in [4.69, 9.17) is 28.6 Å². The molecule has 1 aliphatic rings. The van der Waals surface area contributed by atoms with Crippen LogP contribution in [0, 0.1) is 5.92 Å². The number of ether oxygens (including phenoxy) is 1. The number of thiocarbonyl (C=S) groups is 1. The molecular weight excluding hydrogens is 430 g/mol. The Labute approximate surface area is 185 Å². The fourth-order valence-electron chi connectivity index (χ4n) is 3.10. The van der Waals surface area contributed by atoms with Gasteiger partial charge >= 0.3 is 0 Å². The van der Waals surface area contributed by atoms with Gasteiger partial charge in [0.15, 0.2) is 5.11 Å². The molecule has 2 rings (SSSR count). The van der Waals surface area contributed by atoms with Gasteiger partial charge in [-0.3, -0.25) is 0 Å². The Morgan fingerprint density at radius 3 is 2.59 bits per heavy atom. The summed E-state index contributed by atoms with van der Waals surface area (Å²) in [6, 6.07) is 4.63. The third-order valence-electron chi connectivity index (χ3n) is 4.79. The minimum absolute atomic E-state index is 0.194. The van der Waals surface area contributed by atoms with Crippen LogP contribution in [-0.4, -0.2) is 50.7 Å². The molecule has 0 unspecified atom stereocenters. The predicted molar refractivity (Wildman–Crippen MR) is 123 cm³/mol. The minimum Gasteiger partial charge on any atom is -0.379 e. The number of nitrogens with zero attached hydrogens (tertiary/aromatic N) is 1. The van der Waals surface area contributed by atoms with Crippen LogP contribution in [0.3, 0.4) is 0 Å². The summed E-state index contributed by atoms with van der Waals surface area (Å²) in [5.41, 5.74) is 0.482. The van der Waals surface area contributed by atoms with Crippen molar-refractivity contribution in [3.8, 4) is 0 Å². The van der Waals surface area contributed by atoms with Crippen molar-refractivity contribution in [1.29, 1.82) is 0 Å². The molecule has 1 fully saturated rings. The van der Waals surface area contributed by atoms with E-state index in [0.29, 0.717) is 42.1 Å². The Morgan fingerprint density at radius 2 is 1.90 bits per heavy atom. The molecule has 6 nitrogen and oxygen atoms in total. The van der Waals surface area contributed by atoms with Crippen molar-refractivity contribution in [3.63, 3.8) is 0 Å². The molecule has 0 aliphatic carbocycles. The first kappa shape index (κ1) is 24.3. The number of anilines is 1. The number of halogens is 1. The van der Waals surface area contributed by atoms with Crippen LogP contribution in [0.4, 0.5) is 5.69 Å². The van der Waals surface area contributed by atoms with E-state index in [1.165, 1.54) is 35.7 Å². The zero-order chi connectivity index (χ0) is 21.3. The van der Waals surface area contributed by atoms with Gasteiger partial charge < -0.3 is 15.4 Å². The molecule has 0 atom stereocenters. The summed E-state index contributed by atoms with van der Waals surface area (Å²) in [7, 11) is -3.58. The van der Waals surface area contributed by atoms with Gasteiger partial charge in [-0.1, -0.05) is 51.1 Å². The van der Waals surface area contributed by atoms with E-state index < -0.39 is 10.0 Å². The summed E-state index contributed by atoms with van der Waals surface area (Å²) in [6.45, 7) is 6.79. The Hall–Kier alpha value is -0.930. The molecule has 0 bridgehead atoms. The number of benzene rings is 1. The van der Waals surface area contributed by atoms with Gasteiger partial charge in [0.2, 0.25) is 10.0 Å². The van der Waals surface area contributed by atoms with Crippen LogP contribution in [0.5, 0.6) is 0 Å². The van der Waals surface area contributed by atoms with Gasteiger partial charge in [0, 0.05) is 19.6 Å². The number of hydrogen-bond donors (Lipinski definition) is 2. The smallest absolute Gasteiger partial charge is 0.243 e. The normalized spacial score (nSPS) is 15.4. The van der Waals surface area contributed by atoms with E-state index in [9.17, 15) is 8.42 Å². The highest BCUT2D eigenvalue weighted by atomic mass is 35.5. The van der Waals surface area contributed by atoms with E-state index in [1.54, 1.807) is 6.07 Å². The summed E-state index contributed by atoms with van der Waals surface area (Å²) in [5.74, 6) is 0.762. The van der Waals surface area contributed by atoms with Crippen molar-refractivity contribution in [2.75, 3.05) is 38.2 Å². The highest BCUT2D eigenvalue weighted by molar-refractivity contribution is 7.89. The first-order valence-corrected chi connectivity index (χ1v) is 12.5. The number of rotatable bonds is 10. The van der Waals surface area contributed by atoms with Crippen LogP contribution in [0.15, 0.2) is 23.1 Å². The standard InChI is InChI=1S/C20H32ClN3O3S2/c1-16(2)7-5-3-4-6-10-22-20(28)23-19-15-17(8-9-18(19)21)29(25,26)24-11-13-27-14-12-24/h8-9,15-16H,3-7,10-14H2,1-2H3,(H2,22,23,28). The molecule has 1 saturated heterocycles. The van der Waals surface area contributed by atoms with Crippen LogP contribution in [-0.2, 0) is 14.8 Å². The molecule has 9 heteroatoms. The van der Waals surface area contributed by atoms with Crippen molar-refractivity contribution in [2.45, 2.75) is 50.8 Å². The van der Waals surface area contributed by atoms with E-state index in [1.807, 2.05) is 0 Å². The summed E-state index contributed by atoms with van der Waals surface area (Å²) in [4.78, 5) is 0.194. The zero-order valence-corrected chi connectivity index (χ0v) is 19.6. The third kappa shape index (κ3) is 8.02. The highest BCUT2D eigenvalue weighted by Crippen LogP contribution is 2.27. The topological polar surface area (TPSA) is 70.7 Å². The average molecular weight is 462 g/mol. The van der Waals surface area contributed by atoms with Gasteiger partial charge in [-0.25, -0.2) is 8.42 Å². The average Bonchev–Trinajstić information content (AvgIpc) is 2.69. The second-order valence-electron chi connectivity index (χ2n) is 7.64. The SMILES string of the molecule is CC(C)CCCCCCNC(=S)Nc1cc(S(=O)(=O)N2CCOCC2)ccc1Cl. The first-order chi connectivity index (χ1) is 13.8. The second-order valence-corrected chi connectivity index (χ2v) is 10.4. The Kier molecular flexibility index (Phi) is 10.1. The van der Waals surface area contributed by atoms with Crippen molar-refractivity contribution >= 4 is 44.6 Å². The minimum atomic E-state index is -3.58. The lowest BCUT2D eigenvalue weighted by Gasteiger charge is -2.26. The predicted octanol–water partition coefficient (Wildman–Crippen LogP) is 4.25. The molecule has 2 N–H and O–H groups in total. The van der Waals surface area contributed by atoms with Gasteiger partial charge in [-0.05, 0) is 42.8 Å². The molecule has 164 valence electrons. The maximum atomic E-state index is 12.8. The van der Waals surface area contributed by atoms with Crippen LogP contribution in [0.2, 0.25) is 5.02 Å². The highest BCUT2D eigenvalue weighted by Gasteiger charge is 2.26. The molecule has 1 aliphatic heterocycles. The molecule has 0 radical (unpaired) electrons. The van der Waals surface area contributed by atoms with Crippen LogP contribution in [0.1, 0.15) is 46.0 Å². The number of unbranched alkanes of at least 4 members (excludes halogenated alkanes) is 3. The lowest BCUT2D eigenvalue weighted by molar-refractivity contribution is 0.0730. The lowest BCUT2D eigenvalue weighted by Crippen LogP contribution is -2.40. The summed E-state index contributed by atoms with van der Waals surface area (Å²) >= 11 is 11.6. The van der Waals surface area contributed by atoms with Crippen LogP contribution in [0.25, 0.3) is 0 Å². The number of morpholine rings is 1. The molecule has 0 aromatic heterocycles. The van der Waals surface area contributed by atoms with Crippen LogP contribution >= 0.6 is 23.8 Å². The van der Waals surface area contributed by atoms with Crippen molar-refractivity contribution < 1.29 is 13.2 Å². The zero-order valence-electron chi connectivity index (χ0n) is 17.2. The number of sulfonamides is 1. The number of nitrogens with one attached hydrogen (secondary N) is 2. The summed E-state index contributed by atoms with van der Waals surface area (Å²) in [5, 5.41) is 7.05. The van der Waals surface area contributed by atoms with E-state index in [-0.39, 0.29) is 4.90 Å². The van der Waals surface area contributed by atoms with E-state index in [0.717, 1.165) is 25.3 Å². The molecule has 1 aromatic carbocycles. The van der Waals surface area contributed by atoms with Crippen LogP contribution < -0.4 is 10.6 Å². The van der Waals surface area contributed by atoms with Gasteiger partial charge in [-0.2, -0.15) is 4.31 Å². The molecule has 0 amide bonds. The fourth-order valence-corrected chi connectivity index (χ4v) is 4.91. The first-order valence-electron chi connectivity index (χ1n) is 10.2. The van der Waals surface area contributed by atoms with Crippen molar-refractivity contribution in [3.05, 3.63) is 23.2 Å². The van der Waals surface area contributed by atoms with Gasteiger partial charge in [0.25, 0.3) is 0 Å². The maximum absolute atomic E-state index is 12.8. The molecule has 0 spiro atoms. The lowest BCUT2D eigenvalue weighted by atomic mass is 10.0. The second kappa shape index (κ2) is 12.1.